The highest BCUT2D eigenvalue weighted by atomic mass is 16.3. The number of hydrogen-bond acceptors (Lipinski definition) is 4. The molecule has 120 valence electrons. The molecule has 0 saturated heterocycles. The van der Waals surface area contributed by atoms with E-state index in [0.717, 1.165) is 17.0 Å². The second-order valence-electron chi connectivity index (χ2n) is 5.77. The maximum Gasteiger partial charge on any atom is 0.266 e. The molecule has 0 aromatic carbocycles. The number of aliphatic hydroxyl groups is 1. The third-order valence-electron chi connectivity index (χ3n) is 4.07. The van der Waals surface area contributed by atoms with Crippen molar-refractivity contribution in [2.75, 3.05) is 6.61 Å². The molecule has 2 atom stereocenters. The molecule has 2 unspecified atom stereocenters. The number of aliphatic hydroxyl groups excluding tert-OH is 1. The first-order valence-electron chi connectivity index (χ1n) is 7.31. The van der Waals surface area contributed by atoms with E-state index >= 15 is 0 Å². The lowest BCUT2D eigenvalue weighted by molar-refractivity contribution is -0.121. The zero-order chi connectivity index (χ0) is 16.4. The Kier molecular flexibility index (Phi) is 4.65. The normalized spacial score (nSPS) is 14.0. The third kappa shape index (κ3) is 3.19. The van der Waals surface area contributed by atoms with Crippen molar-refractivity contribution in [3.05, 3.63) is 33.4 Å². The van der Waals surface area contributed by atoms with Gasteiger partial charge in [-0.2, -0.15) is 0 Å². The monoisotopic (exact) mass is 306 g/mol. The molecule has 0 aliphatic heterocycles. The molecule has 2 rings (SSSR count). The summed E-state index contributed by atoms with van der Waals surface area (Å²) in [5.41, 5.74) is 2.64. The molecule has 2 aromatic heterocycles. The summed E-state index contributed by atoms with van der Waals surface area (Å²) in [6.07, 6.45) is 0.184. The summed E-state index contributed by atoms with van der Waals surface area (Å²) in [5, 5.41) is 14.7. The van der Waals surface area contributed by atoms with E-state index in [1.54, 1.807) is 4.52 Å². The lowest BCUT2D eigenvalue weighted by Crippen LogP contribution is -2.39. The molecule has 0 spiro atoms. The van der Waals surface area contributed by atoms with Gasteiger partial charge in [0.15, 0.2) is 5.65 Å². The van der Waals surface area contributed by atoms with Crippen LogP contribution in [0.5, 0.6) is 0 Å². The molecule has 0 bridgehead atoms. The Bertz CT molecular complexity index is 747. The quantitative estimate of drug-likeness (QED) is 0.740. The highest BCUT2D eigenvalue weighted by Crippen LogP contribution is 2.14. The standard InChI is InChI=1S/C15H22N4O3/c1-8(7-20)9(2)17-14(21)5-12-10(3)16-13-6-15(22)18-19(13)11(12)4/h6,8-9,20H,5,7H2,1-4H3,(H,17,21)(H,18,22). The van der Waals surface area contributed by atoms with Crippen molar-refractivity contribution < 1.29 is 9.90 Å². The molecule has 0 aliphatic carbocycles. The van der Waals surface area contributed by atoms with Gasteiger partial charge in [0, 0.05) is 35.7 Å². The molecule has 3 N–H and O–H groups in total. The minimum atomic E-state index is -0.220. The summed E-state index contributed by atoms with van der Waals surface area (Å²) in [5.74, 6) is -0.137. The Hall–Kier alpha value is -2.15. The number of aromatic nitrogens is 3. The van der Waals surface area contributed by atoms with Gasteiger partial charge in [0.05, 0.1) is 6.42 Å². The number of amides is 1. The first kappa shape index (κ1) is 16.2. The highest BCUT2D eigenvalue weighted by molar-refractivity contribution is 5.79. The number of nitrogens with zero attached hydrogens (tertiary/aromatic N) is 2. The van der Waals surface area contributed by atoms with Crippen molar-refractivity contribution in [3.8, 4) is 0 Å². The molecule has 1 amide bonds. The van der Waals surface area contributed by atoms with Crippen molar-refractivity contribution in [1.29, 1.82) is 0 Å². The summed E-state index contributed by atoms with van der Waals surface area (Å²) in [7, 11) is 0. The first-order valence-corrected chi connectivity index (χ1v) is 7.31. The molecule has 7 heteroatoms. The van der Waals surface area contributed by atoms with Crippen LogP contribution in [0.3, 0.4) is 0 Å². The van der Waals surface area contributed by atoms with Gasteiger partial charge in [0.2, 0.25) is 5.91 Å². The fourth-order valence-electron chi connectivity index (χ4n) is 2.38. The van der Waals surface area contributed by atoms with Crippen LogP contribution in [0, 0.1) is 19.8 Å². The Morgan fingerprint density at radius 1 is 1.45 bits per heavy atom. The van der Waals surface area contributed by atoms with E-state index in [0.29, 0.717) is 5.65 Å². The third-order valence-corrected chi connectivity index (χ3v) is 4.07. The smallest absolute Gasteiger partial charge is 0.266 e. The molecule has 0 aliphatic rings. The summed E-state index contributed by atoms with van der Waals surface area (Å²) in [6.45, 7) is 7.44. The van der Waals surface area contributed by atoms with Crippen LogP contribution in [-0.4, -0.2) is 38.3 Å². The molecule has 2 aromatic rings. The average Bonchev–Trinajstić information content (AvgIpc) is 2.83. The fraction of sp³-hybridized carbons (Fsp3) is 0.533. The van der Waals surface area contributed by atoms with E-state index in [-0.39, 0.29) is 36.5 Å². The molecule has 2 heterocycles. The minimum Gasteiger partial charge on any atom is -0.396 e. The molecule has 22 heavy (non-hydrogen) atoms. The Morgan fingerprint density at radius 2 is 2.14 bits per heavy atom. The van der Waals surface area contributed by atoms with E-state index in [9.17, 15) is 9.59 Å². The van der Waals surface area contributed by atoms with Crippen LogP contribution in [0.15, 0.2) is 10.9 Å². The van der Waals surface area contributed by atoms with E-state index in [4.69, 9.17) is 5.11 Å². The number of fused-ring (bicyclic) bond motifs is 1. The molecular weight excluding hydrogens is 284 g/mol. The summed E-state index contributed by atoms with van der Waals surface area (Å²) >= 11 is 0. The second kappa shape index (κ2) is 6.31. The molecular formula is C15H22N4O3. The number of nitrogens with one attached hydrogen (secondary N) is 2. The van der Waals surface area contributed by atoms with E-state index in [2.05, 4.69) is 15.4 Å². The van der Waals surface area contributed by atoms with Crippen LogP contribution in [0.2, 0.25) is 0 Å². The predicted molar refractivity (Wildman–Crippen MR) is 82.8 cm³/mol. The lowest BCUT2D eigenvalue weighted by atomic mass is 10.0. The fourth-order valence-corrected chi connectivity index (χ4v) is 2.38. The van der Waals surface area contributed by atoms with E-state index in [1.807, 2.05) is 27.7 Å². The summed E-state index contributed by atoms with van der Waals surface area (Å²) in [6, 6.07) is 1.32. The molecule has 0 radical (unpaired) electrons. The topological polar surface area (TPSA) is 99.5 Å². The van der Waals surface area contributed by atoms with Crippen LogP contribution in [0.1, 0.15) is 30.8 Å². The lowest BCUT2D eigenvalue weighted by Gasteiger charge is -2.20. The van der Waals surface area contributed by atoms with Gasteiger partial charge in [-0.15, -0.1) is 0 Å². The Balaban J connectivity index is 2.24. The van der Waals surface area contributed by atoms with Crippen molar-refractivity contribution >= 4 is 11.6 Å². The Labute approximate surface area is 128 Å². The van der Waals surface area contributed by atoms with Gasteiger partial charge in [0.25, 0.3) is 5.56 Å². The predicted octanol–water partition coefficient (Wildman–Crippen LogP) is 0.315. The largest absolute Gasteiger partial charge is 0.396 e. The SMILES string of the molecule is Cc1nc2cc(=O)[nH]n2c(C)c1CC(=O)NC(C)C(C)CO. The molecule has 0 fully saturated rings. The molecule has 7 nitrogen and oxygen atoms in total. The number of rotatable bonds is 5. The van der Waals surface area contributed by atoms with E-state index < -0.39 is 0 Å². The van der Waals surface area contributed by atoms with Crippen molar-refractivity contribution in [2.24, 2.45) is 5.92 Å². The van der Waals surface area contributed by atoms with Crippen LogP contribution < -0.4 is 10.9 Å². The number of aromatic amines is 1. The van der Waals surface area contributed by atoms with Crippen molar-refractivity contribution in [1.82, 2.24) is 19.9 Å². The number of aryl methyl sites for hydroxylation is 2. The van der Waals surface area contributed by atoms with Crippen molar-refractivity contribution in [2.45, 2.75) is 40.2 Å². The molecule has 0 saturated carbocycles. The zero-order valence-corrected chi connectivity index (χ0v) is 13.3. The van der Waals surface area contributed by atoms with Gasteiger partial charge < -0.3 is 10.4 Å². The van der Waals surface area contributed by atoms with Gasteiger partial charge in [-0.3, -0.25) is 14.7 Å². The summed E-state index contributed by atoms with van der Waals surface area (Å²) in [4.78, 5) is 28.0. The van der Waals surface area contributed by atoms with Gasteiger partial charge >= 0.3 is 0 Å². The summed E-state index contributed by atoms with van der Waals surface area (Å²) < 4.78 is 1.59. The zero-order valence-electron chi connectivity index (χ0n) is 13.3. The first-order chi connectivity index (χ1) is 10.3. The van der Waals surface area contributed by atoms with Crippen LogP contribution >= 0.6 is 0 Å². The number of carbonyl (C=O) groups is 1. The van der Waals surface area contributed by atoms with Gasteiger partial charge in [-0.25, -0.2) is 9.50 Å². The Morgan fingerprint density at radius 3 is 2.77 bits per heavy atom. The van der Waals surface area contributed by atoms with Crippen LogP contribution in [0.25, 0.3) is 5.65 Å². The van der Waals surface area contributed by atoms with Gasteiger partial charge in [-0.1, -0.05) is 6.92 Å². The maximum absolute atomic E-state index is 12.2. The van der Waals surface area contributed by atoms with Gasteiger partial charge in [-0.05, 0) is 26.7 Å². The number of H-pyrrole nitrogens is 1. The highest BCUT2D eigenvalue weighted by Gasteiger charge is 2.17. The van der Waals surface area contributed by atoms with Crippen molar-refractivity contribution in [3.63, 3.8) is 0 Å². The van der Waals surface area contributed by atoms with Crippen LogP contribution in [0.4, 0.5) is 0 Å². The van der Waals surface area contributed by atoms with Gasteiger partial charge in [0.1, 0.15) is 0 Å². The minimum absolute atomic E-state index is 0.00690. The maximum atomic E-state index is 12.2. The second-order valence-corrected chi connectivity index (χ2v) is 5.77. The van der Waals surface area contributed by atoms with E-state index in [1.165, 1.54) is 6.07 Å². The average molecular weight is 306 g/mol. The number of hydrogen-bond donors (Lipinski definition) is 3. The number of carbonyl (C=O) groups excluding carboxylic acids is 1. The van der Waals surface area contributed by atoms with Crippen LogP contribution in [-0.2, 0) is 11.2 Å².